The molecular weight excluding hydrogens is 204 g/mol. The maximum atomic E-state index is 11.6. The summed E-state index contributed by atoms with van der Waals surface area (Å²) in [5.74, 6) is -0.214. The first-order valence-electron chi connectivity index (χ1n) is 5.34. The molecule has 0 saturated heterocycles. The quantitative estimate of drug-likeness (QED) is 0.785. The predicted molar refractivity (Wildman–Crippen MR) is 64.3 cm³/mol. The van der Waals surface area contributed by atoms with Gasteiger partial charge in [0, 0.05) is 19.3 Å². The summed E-state index contributed by atoms with van der Waals surface area (Å²) in [6, 6.07) is 7.72. The zero-order valence-corrected chi connectivity index (χ0v) is 9.69. The summed E-state index contributed by atoms with van der Waals surface area (Å²) in [4.78, 5) is 11.6. The predicted octanol–water partition coefficient (Wildman–Crippen LogP) is 1.16. The first-order valence-corrected chi connectivity index (χ1v) is 5.34. The van der Waals surface area contributed by atoms with Crippen molar-refractivity contribution in [3.8, 4) is 0 Å². The van der Waals surface area contributed by atoms with Crippen molar-refractivity contribution in [1.82, 2.24) is 0 Å². The smallest absolute Gasteiger partial charge is 0.254 e. The molecule has 4 nitrogen and oxygen atoms in total. The van der Waals surface area contributed by atoms with Gasteiger partial charge in [0.1, 0.15) is 6.10 Å². The van der Waals surface area contributed by atoms with Crippen molar-refractivity contribution in [3.05, 3.63) is 29.8 Å². The van der Waals surface area contributed by atoms with Gasteiger partial charge in [-0.15, -0.1) is 0 Å². The van der Waals surface area contributed by atoms with Gasteiger partial charge in [0.05, 0.1) is 0 Å². The van der Waals surface area contributed by atoms with Gasteiger partial charge in [-0.05, 0) is 24.1 Å². The molecule has 0 aliphatic rings. The minimum Gasteiger partial charge on any atom is -0.370 e. The van der Waals surface area contributed by atoms with E-state index in [2.05, 4.69) is 12.2 Å². The summed E-state index contributed by atoms with van der Waals surface area (Å²) in [6.45, 7) is 2.26. The fraction of sp³-hybridized carbons (Fsp3) is 0.417. The molecule has 0 aliphatic heterocycles. The molecule has 0 fully saturated rings. The number of nitrogens with two attached hydrogens (primary N) is 1. The number of methoxy groups -OCH3 is 1. The Morgan fingerprint density at radius 2 is 2.06 bits per heavy atom. The van der Waals surface area contributed by atoms with Gasteiger partial charge in [-0.3, -0.25) is 4.79 Å². The molecule has 1 aromatic rings. The maximum absolute atomic E-state index is 11.6. The molecular formula is C12H18N2O2. The summed E-state index contributed by atoms with van der Waals surface area (Å²) >= 11 is 0. The van der Waals surface area contributed by atoms with Crippen molar-refractivity contribution >= 4 is 11.6 Å². The molecule has 1 atom stereocenters. The van der Waals surface area contributed by atoms with E-state index in [0.29, 0.717) is 0 Å². The Labute approximate surface area is 95.8 Å². The summed E-state index contributed by atoms with van der Waals surface area (Å²) in [5, 5.41) is 2.75. The first-order chi connectivity index (χ1) is 7.71. The third-order valence-electron chi connectivity index (χ3n) is 2.42. The van der Waals surface area contributed by atoms with E-state index < -0.39 is 6.10 Å². The molecule has 0 saturated carbocycles. The summed E-state index contributed by atoms with van der Waals surface area (Å²) in [5.41, 5.74) is 7.40. The number of aryl methyl sites for hydroxylation is 1. The number of carbonyl (C=O) groups is 1. The van der Waals surface area contributed by atoms with Crippen LogP contribution in [0, 0.1) is 0 Å². The van der Waals surface area contributed by atoms with Crippen LogP contribution in [0.25, 0.3) is 0 Å². The number of anilines is 1. The monoisotopic (exact) mass is 222 g/mol. The molecule has 0 heterocycles. The van der Waals surface area contributed by atoms with Gasteiger partial charge in [0.2, 0.25) is 0 Å². The Bertz CT molecular complexity index is 331. The lowest BCUT2D eigenvalue weighted by atomic mass is 10.1. The van der Waals surface area contributed by atoms with Crippen molar-refractivity contribution in [3.63, 3.8) is 0 Å². The van der Waals surface area contributed by atoms with Crippen molar-refractivity contribution in [1.29, 1.82) is 0 Å². The van der Waals surface area contributed by atoms with Crippen molar-refractivity contribution < 1.29 is 9.53 Å². The molecule has 88 valence electrons. The van der Waals surface area contributed by atoms with E-state index in [1.165, 1.54) is 12.7 Å². The molecule has 1 aromatic carbocycles. The van der Waals surface area contributed by atoms with Crippen LogP contribution in [-0.2, 0) is 16.0 Å². The Morgan fingerprint density at radius 1 is 1.44 bits per heavy atom. The number of carbonyl (C=O) groups excluding carboxylic acids is 1. The summed E-state index contributed by atoms with van der Waals surface area (Å²) in [7, 11) is 1.47. The van der Waals surface area contributed by atoms with Crippen LogP contribution in [0.2, 0.25) is 0 Å². The van der Waals surface area contributed by atoms with Gasteiger partial charge in [0.15, 0.2) is 0 Å². The highest BCUT2D eigenvalue weighted by atomic mass is 16.5. The van der Waals surface area contributed by atoms with Gasteiger partial charge < -0.3 is 15.8 Å². The van der Waals surface area contributed by atoms with E-state index >= 15 is 0 Å². The van der Waals surface area contributed by atoms with Crippen LogP contribution in [0.15, 0.2) is 24.3 Å². The van der Waals surface area contributed by atoms with Gasteiger partial charge in [-0.1, -0.05) is 19.1 Å². The third kappa shape index (κ3) is 3.32. The minimum atomic E-state index is -0.592. The normalized spacial score (nSPS) is 12.2. The van der Waals surface area contributed by atoms with Gasteiger partial charge >= 0.3 is 0 Å². The molecule has 0 bridgehead atoms. The number of rotatable bonds is 5. The number of hydrogen-bond acceptors (Lipinski definition) is 3. The van der Waals surface area contributed by atoms with Crippen LogP contribution in [0.3, 0.4) is 0 Å². The number of ether oxygens (including phenoxy) is 1. The van der Waals surface area contributed by atoms with Crippen LogP contribution in [-0.4, -0.2) is 25.7 Å². The van der Waals surface area contributed by atoms with Gasteiger partial charge in [0.25, 0.3) is 5.91 Å². The molecule has 3 N–H and O–H groups in total. The zero-order valence-electron chi connectivity index (χ0n) is 9.69. The second-order valence-electron chi connectivity index (χ2n) is 3.50. The molecule has 1 rings (SSSR count). The standard InChI is InChI=1S/C12H18N2O2/c1-3-9-4-6-10(7-5-9)14-12(15)11(8-13)16-2/h4-7,11H,3,8,13H2,1-2H3,(H,14,15). The average Bonchev–Trinajstić information content (AvgIpc) is 2.31. The van der Waals surface area contributed by atoms with Crippen molar-refractivity contribution in [2.24, 2.45) is 5.73 Å². The molecule has 0 spiro atoms. The average molecular weight is 222 g/mol. The number of amides is 1. The first kappa shape index (κ1) is 12.7. The van der Waals surface area contributed by atoms with Crippen LogP contribution in [0.5, 0.6) is 0 Å². The van der Waals surface area contributed by atoms with E-state index in [1.54, 1.807) is 0 Å². The topological polar surface area (TPSA) is 64.4 Å². The van der Waals surface area contributed by atoms with Crippen molar-refractivity contribution in [2.45, 2.75) is 19.4 Å². The SMILES string of the molecule is CCc1ccc(NC(=O)C(CN)OC)cc1. The van der Waals surface area contributed by atoms with Gasteiger partial charge in [-0.25, -0.2) is 0 Å². The second-order valence-corrected chi connectivity index (χ2v) is 3.50. The van der Waals surface area contributed by atoms with E-state index in [4.69, 9.17) is 10.5 Å². The van der Waals surface area contributed by atoms with Crippen LogP contribution in [0.4, 0.5) is 5.69 Å². The third-order valence-corrected chi connectivity index (χ3v) is 2.42. The highest BCUT2D eigenvalue weighted by molar-refractivity contribution is 5.94. The number of hydrogen-bond donors (Lipinski definition) is 2. The minimum absolute atomic E-state index is 0.176. The maximum Gasteiger partial charge on any atom is 0.254 e. The zero-order chi connectivity index (χ0) is 12.0. The van der Waals surface area contributed by atoms with Crippen LogP contribution in [0.1, 0.15) is 12.5 Å². The lowest BCUT2D eigenvalue weighted by molar-refractivity contribution is -0.125. The van der Waals surface area contributed by atoms with Crippen LogP contribution < -0.4 is 11.1 Å². The van der Waals surface area contributed by atoms with E-state index in [-0.39, 0.29) is 12.5 Å². The molecule has 4 heteroatoms. The lowest BCUT2D eigenvalue weighted by Gasteiger charge is -2.13. The lowest BCUT2D eigenvalue weighted by Crippen LogP contribution is -2.35. The fourth-order valence-corrected chi connectivity index (χ4v) is 1.36. The van der Waals surface area contributed by atoms with Gasteiger partial charge in [-0.2, -0.15) is 0 Å². The van der Waals surface area contributed by atoms with E-state index in [1.807, 2.05) is 24.3 Å². The number of benzene rings is 1. The Hall–Kier alpha value is -1.39. The summed E-state index contributed by atoms with van der Waals surface area (Å²) < 4.78 is 4.94. The fourth-order valence-electron chi connectivity index (χ4n) is 1.36. The number of nitrogens with one attached hydrogen (secondary N) is 1. The Kier molecular flexibility index (Phi) is 4.95. The highest BCUT2D eigenvalue weighted by Crippen LogP contribution is 2.10. The molecule has 0 aliphatic carbocycles. The molecule has 0 radical (unpaired) electrons. The Balaban J connectivity index is 2.62. The van der Waals surface area contributed by atoms with Crippen LogP contribution >= 0.6 is 0 Å². The summed E-state index contributed by atoms with van der Waals surface area (Å²) in [6.07, 6.45) is 0.392. The molecule has 16 heavy (non-hydrogen) atoms. The molecule has 0 aromatic heterocycles. The molecule has 1 amide bonds. The van der Waals surface area contributed by atoms with E-state index in [0.717, 1.165) is 12.1 Å². The largest absolute Gasteiger partial charge is 0.370 e. The van der Waals surface area contributed by atoms with E-state index in [9.17, 15) is 4.79 Å². The highest BCUT2D eigenvalue weighted by Gasteiger charge is 2.15. The van der Waals surface area contributed by atoms with Crippen molar-refractivity contribution in [2.75, 3.05) is 19.0 Å². The Morgan fingerprint density at radius 3 is 2.50 bits per heavy atom. The molecule has 1 unspecified atom stereocenters. The second kappa shape index (κ2) is 6.25.